The minimum absolute atomic E-state index is 0.105. The lowest BCUT2D eigenvalue weighted by molar-refractivity contribution is 0.0903. The van der Waals surface area contributed by atoms with E-state index in [-0.39, 0.29) is 11.9 Å². The van der Waals surface area contributed by atoms with Crippen LogP contribution in [0.5, 0.6) is 0 Å². The molecule has 10 heteroatoms. The van der Waals surface area contributed by atoms with Gasteiger partial charge in [-0.3, -0.25) is 4.79 Å². The molecular formula is C26H25Cl3N6O. The molecule has 0 unspecified atom stereocenters. The fraction of sp³-hybridized carbons (Fsp3) is 0.308. The van der Waals surface area contributed by atoms with E-state index in [0.717, 1.165) is 24.8 Å². The van der Waals surface area contributed by atoms with Gasteiger partial charge in [0.05, 0.1) is 22.9 Å². The van der Waals surface area contributed by atoms with Crippen molar-refractivity contribution in [3.05, 3.63) is 81.4 Å². The van der Waals surface area contributed by atoms with E-state index < -0.39 is 0 Å². The summed E-state index contributed by atoms with van der Waals surface area (Å²) in [6.45, 7) is 2.48. The Bertz CT molecular complexity index is 1370. The van der Waals surface area contributed by atoms with Crippen LogP contribution >= 0.6 is 34.8 Å². The number of nitrogens with zero attached hydrogens (tertiary/aromatic N) is 5. The smallest absolute Gasteiger partial charge is 0.272 e. The van der Waals surface area contributed by atoms with Gasteiger partial charge in [0, 0.05) is 27.2 Å². The van der Waals surface area contributed by atoms with Crippen molar-refractivity contribution in [3.63, 3.8) is 0 Å². The molecule has 1 fully saturated rings. The van der Waals surface area contributed by atoms with Crippen molar-refractivity contribution in [1.82, 2.24) is 29.9 Å². The van der Waals surface area contributed by atoms with Crippen LogP contribution in [-0.4, -0.2) is 36.5 Å². The third kappa shape index (κ3) is 5.14. The lowest BCUT2D eigenvalue weighted by Gasteiger charge is -2.29. The highest BCUT2D eigenvalue weighted by Gasteiger charge is 2.29. The molecule has 2 aromatic carbocycles. The van der Waals surface area contributed by atoms with Gasteiger partial charge in [0.1, 0.15) is 12.7 Å². The molecule has 1 aliphatic carbocycles. The van der Waals surface area contributed by atoms with Gasteiger partial charge in [-0.2, -0.15) is 10.2 Å². The zero-order valence-electron chi connectivity index (χ0n) is 19.7. The summed E-state index contributed by atoms with van der Waals surface area (Å²) >= 11 is 19.0. The van der Waals surface area contributed by atoms with E-state index in [9.17, 15) is 4.79 Å². The van der Waals surface area contributed by atoms with Crippen LogP contribution in [0.4, 0.5) is 0 Å². The lowest BCUT2D eigenvalue weighted by Crippen LogP contribution is -2.41. The fourth-order valence-corrected chi connectivity index (χ4v) is 5.37. The average molecular weight is 544 g/mol. The number of benzene rings is 2. The Kier molecular flexibility index (Phi) is 7.32. The molecule has 0 saturated heterocycles. The highest BCUT2D eigenvalue weighted by Crippen LogP contribution is 2.34. The van der Waals surface area contributed by atoms with Crippen LogP contribution in [0, 0.1) is 5.92 Å². The summed E-state index contributed by atoms with van der Waals surface area (Å²) in [6, 6.07) is 12.7. The first-order chi connectivity index (χ1) is 17.4. The maximum atomic E-state index is 13.7. The first-order valence-corrected chi connectivity index (χ1v) is 13.0. The number of halogens is 3. The molecule has 0 aliphatic heterocycles. The van der Waals surface area contributed by atoms with Gasteiger partial charge >= 0.3 is 0 Å². The van der Waals surface area contributed by atoms with Crippen LogP contribution in [0.15, 0.2) is 55.1 Å². The Morgan fingerprint density at radius 2 is 1.81 bits per heavy atom. The van der Waals surface area contributed by atoms with Crippen molar-refractivity contribution < 1.29 is 4.79 Å². The van der Waals surface area contributed by atoms with Gasteiger partial charge < -0.3 is 5.32 Å². The molecule has 1 N–H and O–H groups in total. The Morgan fingerprint density at radius 3 is 2.50 bits per heavy atom. The third-order valence-corrected chi connectivity index (χ3v) is 7.46. The van der Waals surface area contributed by atoms with E-state index in [4.69, 9.17) is 39.9 Å². The SMILES string of the molecule is C[C@H]1CCCC[C@@H]1NC(=O)c1nn(-c2ccc(Cl)cc2Cl)c(-c2ccc(Cl)cc2)c1Cn1cncn1. The molecule has 5 rings (SSSR count). The van der Waals surface area contributed by atoms with Crippen LogP contribution in [0.25, 0.3) is 16.9 Å². The molecule has 0 bridgehead atoms. The van der Waals surface area contributed by atoms with Crippen molar-refractivity contribution >= 4 is 40.7 Å². The largest absolute Gasteiger partial charge is 0.348 e. The maximum absolute atomic E-state index is 13.7. The summed E-state index contributed by atoms with van der Waals surface area (Å²) in [4.78, 5) is 17.8. The topological polar surface area (TPSA) is 77.6 Å². The first kappa shape index (κ1) is 24.8. The number of amides is 1. The van der Waals surface area contributed by atoms with Crippen molar-refractivity contribution in [2.75, 3.05) is 0 Å². The predicted molar refractivity (Wildman–Crippen MR) is 142 cm³/mol. The number of nitrogens with one attached hydrogen (secondary N) is 1. The van der Waals surface area contributed by atoms with Gasteiger partial charge in [-0.15, -0.1) is 0 Å². The van der Waals surface area contributed by atoms with Crippen LogP contribution in [0.1, 0.15) is 48.7 Å². The number of hydrogen-bond donors (Lipinski definition) is 1. The second-order valence-corrected chi connectivity index (χ2v) is 10.4. The standard InChI is InChI=1S/C26H25Cl3N6O/c1-16-4-2-3-5-22(16)32-26(36)24-20(13-34-15-30-14-31-34)25(17-6-8-18(27)9-7-17)35(33-24)23-11-10-19(28)12-21(23)29/h6-12,14-16,22H,2-5,13H2,1H3,(H,32,36)/t16-,22-/m0/s1. The van der Waals surface area contributed by atoms with Crippen molar-refractivity contribution in [1.29, 1.82) is 0 Å². The quantitative estimate of drug-likeness (QED) is 0.303. The second kappa shape index (κ2) is 10.6. The first-order valence-electron chi connectivity index (χ1n) is 11.9. The number of carbonyl (C=O) groups excluding carboxylic acids is 1. The Labute approximate surface area is 224 Å². The summed E-state index contributed by atoms with van der Waals surface area (Å²) in [5.41, 5.74) is 3.18. The zero-order chi connectivity index (χ0) is 25.2. The monoisotopic (exact) mass is 542 g/mol. The van der Waals surface area contributed by atoms with E-state index in [1.807, 2.05) is 12.1 Å². The molecule has 1 saturated carbocycles. The van der Waals surface area contributed by atoms with Crippen LogP contribution in [-0.2, 0) is 6.54 Å². The fourth-order valence-electron chi connectivity index (χ4n) is 4.76. The number of aromatic nitrogens is 5. The summed E-state index contributed by atoms with van der Waals surface area (Å²) in [7, 11) is 0. The van der Waals surface area contributed by atoms with Crippen molar-refractivity contribution in [3.8, 4) is 16.9 Å². The number of carbonyl (C=O) groups is 1. The highest BCUT2D eigenvalue weighted by molar-refractivity contribution is 6.35. The highest BCUT2D eigenvalue weighted by atomic mass is 35.5. The molecular weight excluding hydrogens is 519 g/mol. The Hall–Kier alpha value is -2.87. The van der Waals surface area contributed by atoms with E-state index in [1.165, 1.54) is 12.7 Å². The molecule has 4 aromatic rings. The van der Waals surface area contributed by atoms with Gasteiger partial charge in [-0.25, -0.2) is 14.3 Å². The van der Waals surface area contributed by atoms with E-state index in [1.54, 1.807) is 46.0 Å². The zero-order valence-corrected chi connectivity index (χ0v) is 21.9. The maximum Gasteiger partial charge on any atom is 0.272 e. The van der Waals surface area contributed by atoms with Gasteiger partial charge in [0.2, 0.25) is 0 Å². The summed E-state index contributed by atoms with van der Waals surface area (Å²) in [6.07, 6.45) is 7.43. The second-order valence-electron chi connectivity index (χ2n) is 9.12. The average Bonchev–Trinajstić information content (AvgIpc) is 3.50. The summed E-state index contributed by atoms with van der Waals surface area (Å²) in [5.74, 6) is 0.188. The van der Waals surface area contributed by atoms with Crippen LogP contribution in [0.2, 0.25) is 15.1 Å². The minimum Gasteiger partial charge on any atom is -0.348 e. The molecule has 0 spiro atoms. The molecule has 1 aliphatic rings. The van der Waals surface area contributed by atoms with Crippen LogP contribution in [0.3, 0.4) is 0 Å². The molecule has 2 atom stereocenters. The lowest BCUT2D eigenvalue weighted by atomic mass is 9.86. The predicted octanol–water partition coefficient (Wildman–Crippen LogP) is 6.45. The third-order valence-electron chi connectivity index (χ3n) is 6.67. The van der Waals surface area contributed by atoms with Crippen molar-refractivity contribution in [2.24, 2.45) is 5.92 Å². The number of rotatable bonds is 6. The number of hydrogen-bond acceptors (Lipinski definition) is 4. The van der Waals surface area contributed by atoms with Gasteiger partial charge in [-0.05, 0) is 49.1 Å². The Balaban J connectivity index is 1.68. The molecule has 7 nitrogen and oxygen atoms in total. The van der Waals surface area contributed by atoms with Gasteiger partial charge in [0.25, 0.3) is 5.91 Å². The molecule has 186 valence electrons. The van der Waals surface area contributed by atoms with Gasteiger partial charge in [-0.1, -0.05) is 66.7 Å². The van der Waals surface area contributed by atoms with E-state index in [0.29, 0.717) is 50.2 Å². The molecule has 36 heavy (non-hydrogen) atoms. The normalized spacial score (nSPS) is 17.8. The van der Waals surface area contributed by atoms with E-state index >= 15 is 0 Å². The van der Waals surface area contributed by atoms with Crippen LogP contribution < -0.4 is 5.32 Å². The van der Waals surface area contributed by atoms with Gasteiger partial charge in [0.15, 0.2) is 5.69 Å². The molecule has 0 radical (unpaired) electrons. The molecule has 2 aromatic heterocycles. The summed E-state index contributed by atoms with van der Waals surface area (Å²) in [5, 5.41) is 13.9. The molecule has 1 amide bonds. The molecule has 2 heterocycles. The van der Waals surface area contributed by atoms with Crippen molar-refractivity contribution in [2.45, 2.75) is 45.2 Å². The summed E-state index contributed by atoms with van der Waals surface area (Å²) < 4.78 is 3.37. The Morgan fingerprint density at radius 1 is 1.06 bits per heavy atom. The van der Waals surface area contributed by atoms with E-state index in [2.05, 4.69) is 22.3 Å². The minimum atomic E-state index is -0.220.